The first-order valence-corrected chi connectivity index (χ1v) is 6.95. The lowest BCUT2D eigenvalue weighted by atomic mass is 10.1. The van der Waals surface area contributed by atoms with E-state index >= 15 is 0 Å². The van der Waals surface area contributed by atoms with E-state index in [0.717, 1.165) is 13.2 Å². The molecule has 0 radical (unpaired) electrons. The van der Waals surface area contributed by atoms with Gasteiger partial charge in [0.1, 0.15) is 0 Å². The number of halogens is 1. The summed E-state index contributed by atoms with van der Waals surface area (Å²) in [4.78, 5) is 2.51. The molecule has 0 bridgehead atoms. The Morgan fingerprint density at radius 3 is 3.06 bits per heavy atom. The van der Waals surface area contributed by atoms with E-state index in [9.17, 15) is 0 Å². The van der Waals surface area contributed by atoms with Crippen molar-refractivity contribution in [3.8, 4) is 0 Å². The molecule has 3 heteroatoms. The lowest BCUT2D eigenvalue weighted by Gasteiger charge is -2.40. The Balaban J connectivity index is 1.91. The largest absolute Gasteiger partial charge is 0.374 e. The van der Waals surface area contributed by atoms with Gasteiger partial charge in [-0.25, -0.2) is 0 Å². The Kier molecular flexibility index (Phi) is 3.26. The summed E-state index contributed by atoms with van der Waals surface area (Å²) in [7, 11) is 0. The van der Waals surface area contributed by atoms with Gasteiger partial charge in [0, 0.05) is 18.1 Å². The number of alkyl halides is 1. The number of ether oxygens (including phenoxy) is 1. The van der Waals surface area contributed by atoms with Crippen molar-refractivity contribution in [1.82, 2.24) is 0 Å². The minimum absolute atomic E-state index is 0.437. The molecule has 1 heterocycles. The standard InChI is InChI=1S/C14H18ClNO/c15-10-11-4-1-2-5-12(11)16-8-9-17-14-7-3-6-13(14)16/h1-2,4-5,13-14H,3,6-10H2. The fraction of sp³-hybridized carbons (Fsp3) is 0.571. The predicted molar refractivity (Wildman–Crippen MR) is 70.7 cm³/mol. The molecule has 2 atom stereocenters. The summed E-state index contributed by atoms with van der Waals surface area (Å²) in [5, 5.41) is 0. The minimum atomic E-state index is 0.437. The van der Waals surface area contributed by atoms with Crippen LogP contribution < -0.4 is 4.90 Å². The highest BCUT2D eigenvalue weighted by atomic mass is 35.5. The van der Waals surface area contributed by atoms with Gasteiger partial charge in [0.25, 0.3) is 0 Å². The van der Waals surface area contributed by atoms with Gasteiger partial charge in [-0.1, -0.05) is 18.2 Å². The predicted octanol–water partition coefficient (Wildman–Crippen LogP) is 3.18. The second-order valence-electron chi connectivity index (χ2n) is 4.86. The molecule has 3 rings (SSSR count). The monoisotopic (exact) mass is 251 g/mol. The van der Waals surface area contributed by atoms with E-state index in [1.54, 1.807) is 0 Å². The maximum Gasteiger partial charge on any atom is 0.0779 e. The number of nitrogens with zero attached hydrogens (tertiary/aromatic N) is 1. The van der Waals surface area contributed by atoms with Gasteiger partial charge < -0.3 is 9.64 Å². The molecule has 2 nitrogen and oxygen atoms in total. The molecule has 1 saturated carbocycles. The van der Waals surface area contributed by atoms with E-state index in [2.05, 4.69) is 29.2 Å². The molecule has 1 aromatic rings. The zero-order valence-corrected chi connectivity index (χ0v) is 10.7. The minimum Gasteiger partial charge on any atom is -0.374 e. The number of para-hydroxylation sites is 1. The average molecular weight is 252 g/mol. The van der Waals surface area contributed by atoms with Crippen molar-refractivity contribution in [3.63, 3.8) is 0 Å². The normalized spacial score (nSPS) is 28.2. The van der Waals surface area contributed by atoms with Crippen molar-refractivity contribution in [2.75, 3.05) is 18.1 Å². The lowest BCUT2D eigenvalue weighted by Crippen LogP contribution is -2.49. The van der Waals surface area contributed by atoms with Gasteiger partial charge in [-0.05, 0) is 30.9 Å². The van der Waals surface area contributed by atoms with Gasteiger partial charge in [-0.15, -0.1) is 11.6 Å². The molecule has 2 unspecified atom stereocenters. The van der Waals surface area contributed by atoms with Gasteiger partial charge in [0.05, 0.1) is 18.8 Å². The Morgan fingerprint density at radius 1 is 1.29 bits per heavy atom. The number of benzene rings is 1. The van der Waals surface area contributed by atoms with E-state index in [-0.39, 0.29) is 0 Å². The zero-order chi connectivity index (χ0) is 11.7. The molecule has 1 aliphatic heterocycles. The smallest absolute Gasteiger partial charge is 0.0779 e. The number of fused-ring (bicyclic) bond motifs is 1. The molecule has 0 aromatic heterocycles. The van der Waals surface area contributed by atoms with Crippen LogP contribution in [0.5, 0.6) is 0 Å². The van der Waals surface area contributed by atoms with Crippen LogP contribution in [0.4, 0.5) is 5.69 Å². The third-order valence-corrected chi connectivity index (χ3v) is 4.22. The third kappa shape index (κ3) is 2.04. The van der Waals surface area contributed by atoms with Crippen LogP contribution in [0.15, 0.2) is 24.3 Å². The number of anilines is 1. The van der Waals surface area contributed by atoms with Crippen LogP contribution in [-0.4, -0.2) is 25.3 Å². The molecule has 0 spiro atoms. The van der Waals surface area contributed by atoms with Crippen LogP contribution >= 0.6 is 11.6 Å². The van der Waals surface area contributed by atoms with Crippen LogP contribution in [0.3, 0.4) is 0 Å². The number of hydrogen-bond donors (Lipinski definition) is 0. The van der Waals surface area contributed by atoms with Crippen molar-refractivity contribution in [3.05, 3.63) is 29.8 Å². The molecule has 17 heavy (non-hydrogen) atoms. The first-order chi connectivity index (χ1) is 8.40. The molecule has 0 amide bonds. The zero-order valence-electron chi connectivity index (χ0n) is 9.94. The maximum absolute atomic E-state index is 6.04. The molecular weight excluding hydrogens is 234 g/mol. The first kappa shape index (κ1) is 11.4. The summed E-state index contributed by atoms with van der Waals surface area (Å²) in [6.07, 6.45) is 4.19. The molecule has 1 aliphatic carbocycles. The topological polar surface area (TPSA) is 12.5 Å². The molecular formula is C14H18ClNO. The molecule has 92 valence electrons. The SMILES string of the molecule is ClCc1ccccc1N1CCOC2CCCC21. The number of hydrogen-bond acceptors (Lipinski definition) is 2. The van der Waals surface area contributed by atoms with Crippen LogP contribution in [-0.2, 0) is 10.6 Å². The summed E-state index contributed by atoms with van der Waals surface area (Å²) in [6.45, 7) is 1.84. The fourth-order valence-corrected chi connectivity index (χ4v) is 3.35. The first-order valence-electron chi connectivity index (χ1n) is 6.42. The molecule has 2 aliphatic rings. The second kappa shape index (κ2) is 4.87. The van der Waals surface area contributed by atoms with Crippen molar-refractivity contribution in [2.45, 2.75) is 37.3 Å². The molecule has 0 N–H and O–H groups in total. The summed E-state index contributed by atoms with van der Waals surface area (Å²) in [6, 6.07) is 9.05. The van der Waals surface area contributed by atoms with Crippen molar-refractivity contribution in [1.29, 1.82) is 0 Å². The fourth-order valence-electron chi connectivity index (χ4n) is 3.13. The van der Waals surface area contributed by atoms with E-state index in [0.29, 0.717) is 18.0 Å². The summed E-state index contributed by atoms with van der Waals surface area (Å²) in [5.74, 6) is 0.588. The second-order valence-corrected chi connectivity index (χ2v) is 5.13. The van der Waals surface area contributed by atoms with Gasteiger partial charge in [0.15, 0.2) is 0 Å². The highest BCUT2D eigenvalue weighted by Crippen LogP contribution is 2.34. The molecule has 2 fully saturated rings. The van der Waals surface area contributed by atoms with E-state index in [4.69, 9.17) is 16.3 Å². The van der Waals surface area contributed by atoms with Gasteiger partial charge in [0.2, 0.25) is 0 Å². The molecule has 1 aromatic carbocycles. The maximum atomic E-state index is 6.04. The average Bonchev–Trinajstić information content (AvgIpc) is 2.86. The van der Waals surface area contributed by atoms with Crippen molar-refractivity contribution >= 4 is 17.3 Å². The van der Waals surface area contributed by atoms with Gasteiger partial charge >= 0.3 is 0 Å². The van der Waals surface area contributed by atoms with Crippen LogP contribution in [0.2, 0.25) is 0 Å². The summed E-state index contributed by atoms with van der Waals surface area (Å²) < 4.78 is 5.85. The quantitative estimate of drug-likeness (QED) is 0.749. The van der Waals surface area contributed by atoms with Crippen LogP contribution in [0.1, 0.15) is 24.8 Å². The third-order valence-electron chi connectivity index (χ3n) is 3.93. The van der Waals surface area contributed by atoms with E-state index in [1.165, 1.54) is 30.5 Å². The highest BCUT2D eigenvalue weighted by Gasteiger charge is 2.36. The Hall–Kier alpha value is -0.730. The van der Waals surface area contributed by atoms with Crippen molar-refractivity contribution < 1.29 is 4.74 Å². The van der Waals surface area contributed by atoms with E-state index in [1.807, 2.05) is 0 Å². The lowest BCUT2D eigenvalue weighted by molar-refractivity contribution is 0.0256. The Morgan fingerprint density at radius 2 is 2.18 bits per heavy atom. The Labute approximate surface area is 108 Å². The summed E-state index contributed by atoms with van der Waals surface area (Å²) in [5.41, 5.74) is 2.55. The Bertz CT molecular complexity index is 396. The number of morpholine rings is 1. The van der Waals surface area contributed by atoms with Crippen LogP contribution in [0, 0.1) is 0 Å². The van der Waals surface area contributed by atoms with Crippen LogP contribution in [0.25, 0.3) is 0 Å². The summed E-state index contributed by atoms with van der Waals surface area (Å²) >= 11 is 6.04. The van der Waals surface area contributed by atoms with Gasteiger partial charge in [-0.3, -0.25) is 0 Å². The highest BCUT2D eigenvalue weighted by molar-refractivity contribution is 6.17. The van der Waals surface area contributed by atoms with Gasteiger partial charge in [-0.2, -0.15) is 0 Å². The number of rotatable bonds is 2. The molecule has 1 saturated heterocycles. The van der Waals surface area contributed by atoms with E-state index < -0.39 is 0 Å². The van der Waals surface area contributed by atoms with Crippen molar-refractivity contribution in [2.24, 2.45) is 0 Å².